The van der Waals surface area contributed by atoms with Crippen LogP contribution in [0.5, 0.6) is 0 Å². The molecule has 5 heterocycles. The van der Waals surface area contributed by atoms with Gasteiger partial charge in [-0.05, 0) is 48.0 Å². The summed E-state index contributed by atoms with van der Waals surface area (Å²) in [7, 11) is 0. The van der Waals surface area contributed by atoms with Gasteiger partial charge in [-0.15, -0.1) is 0 Å². The van der Waals surface area contributed by atoms with Crippen LogP contribution in [-0.2, 0) is 0 Å². The molecule has 8 nitrogen and oxygen atoms in total. The van der Waals surface area contributed by atoms with Crippen LogP contribution in [-0.4, -0.2) is 36.0 Å². The third kappa shape index (κ3) is 4.15. The molecule has 40 heavy (non-hydrogen) atoms. The zero-order chi connectivity index (χ0) is 27.1. The molecule has 0 saturated heterocycles. The predicted molar refractivity (Wildman–Crippen MR) is 152 cm³/mol. The summed E-state index contributed by atoms with van der Waals surface area (Å²) >= 11 is 0. The molecule has 2 aromatic carbocycles. The normalized spacial score (nSPS) is 11.2. The number of aromatic nitrogens is 6. The van der Waals surface area contributed by atoms with Crippen molar-refractivity contribution in [1.82, 2.24) is 30.1 Å². The van der Waals surface area contributed by atoms with Gasteiger partial charge in [0.15, 0.2) is 0 Å². The van der Waals surface area contributed by atoms with Crippen molar-refractivity contribution in [2.75, 3.05) is 5.32 Å². The molecule has 0 unspecified atom stereocenters. The van der Waals surface area contributed by atoms with Gasteiger partial charge in [0, 0.05) is 39.9 Å². The SMILES string of the molecule is O=C(Nc1cncc(-c2cc3c(-c4cc5c(-c6ccccc6F)ccnc5[nH]4)n[nH]c3cn2)c1)c1ccccc1. The first kappa shape index (κ1) is 23.4. The number of halogens is 1. The Balaban J connectivity index is 1.26. The summed E-state index contributed by atoms with van der Waals surface area (Å²) in [4.78, 5) is 29.3. The number of carbonyl (C=O) groups is 1. The topological polar surface area (TPSA) is 112 Å². The molecule has 7 aromatic rings. The van der Waals surface area contributed by atoms with Crippen molar-refractivity contribution in [3.8, 4) is 33.8 Å². The molecule has 3 N–H and O–H groups in total. The van der Waals surface area contributed by atoms with Crippen molar-refractivity contribution >= 4 is 33.5 Å². The second-order valence-electron chi connectivity index (χ2n) is 9.25. The van der Waals surface area contributed by atoms with Crippen LogP contribution in [0.3, 0.4) is 0 Å². The minimum atomic E-state index is -0.297. The predicted octanol–water partition coefficient (Wildman–Crippen LogP) is 6.62. The maximum Gasteiger partial charge on any atom is 0.255 e. The van der Waals surface area contributed by atoms with Crippen LogP contribution in [0.1, 0.15) is 10.4 Å². The maximum atomic E-state index is 14.6. The van der Waals surface area contributed by atoms with E-state index in [9.17, 15) is 9.18 Å². The van der Waals surface area contributed by atoms with Crippen LogP contribution in [0.4, 0.5) is 10.1 Å². The smallest absolute Gasteiger partial charge is 0.255 e. The van der Waals surface area contributed by atoms with Crippen molar-refractivity contribution < 1.29 is 9.18 Å². The first-order chi connectivity index (χ1) is 19.6. The van der Waals surface area contributed by atoms with E-state index in [-0.39, 0.29) is 11.7 Å². The van der Waals surface area contributed by atoms with Gasteiger partial charge in [-0.1, -0.05) is 36.4 Å². The van der Waals surface area contributed by atoms with Crippen molar-refractivity contribution in [3.63, 3.8) is 0 Å². The fourth-order valence-corrected chi connectivity index (χ4v) is 4.79. The average molecular weight is 526 g/mol. The van der Waals surface area contributed by atoms with E-state index >= 15 is 0 Å². The third-order valence-electron chi connectivity index (χ3n) is 6.73. The van der Waals surface area contributed by atoms with Crippen molar-refractivity contribution in [2.24, 2.45) is 0 Å². The monoisotopic (exact) mass is 525 g/mol. The zero-order valence-electron chi connectivity index (χ0n) is 20.9. The summed E-state index contributed by atoms with van der Waals surface area (Å²) in [6.45, 7) is 0. The Hall–Kier alpha value is -5.70. The van der Waals surface area contributed by atoms with E-state index in [1.165, 1.54) is 6.07 Å². The fourth-order valence-electron chi connectivity index (χ4n) is 4.79. The summed E-state index contributed by atoms with van der Waals surface area (Å²) < 4.78 is 14.6. The standard InChI is InChI=1S/C31H20FN7O/c32-25-9-5-4-8-22(25)21-10-11-34-30-23(21)13-27(37-30)29-24-14-26(35-17-28(24)38-39-29)19-12-20(16-33-15-19)36-31(40)18-6-2-1-3-7-18/h1-17H,(H,34,37)(H,36,40)(H,38,39). The van der Waals surface area contributed by atoms with Crippen molar-refractivity contribution in [1.29, 1.82) is 0 Å². The Morgan fingerprint density at radius 1 is 0.825 bits per heavy atom. The number of hydrogen-bond donors (Lipinski definition) is 3. The van der Waals surface area contributed by atoms with Gasteiger partial charge in [0.05, 0.1) is 35.0 Å². The van der Waals surface area contributed by atoms with Gasteiger partial charge in [0.1, 0.15) is 17.2 Å². The Kier molecular flexibility index (Phi) is 5.59. The highest BCUT2D eigenvalue weighted by Crippen LogP contribution is 2.35. The second kappa shape index (κ2) is 9.55. The molecule has 192 valence electrons. The summed E-state index contributed by atoms with van der Waals surface area (Å²) in [5.74, 6) is -0.517. The number of anilines is 1. The molecule has 0 radical (unpaired) electrons. The molecule has 5 aromatic heterocycles. The highest BCUT2D eigenvalue weighted by molar-refractivity contribution is 6.04. The average Bonchev–Trinajstić information content (AvgIpc) is 3.62. The lowest BCUT2D eigenvalue weighted by Crippen LogP contribution is -2.11. The van der Waals surface area contributed by atoms with Gasteiger partial charge in [-0.3, -0.25) is 19.9 Å². The Morgan fingerprint density at radius 3 is 2.55 bits per heavy atom. The summed E-state index contributed by atoms with van der Waals surface area (Å²) in [6, 6.07) is 23.2. The number of rotatable bonds is 5. The van der Waals surface area contributed by atoms with Crippen LogP contribution in [0, 0.1) is 5.82 Å². The largest absolute Gasteiger partial charge is 0.338 e. The van der Waals surface area contributed by atoms with E-state index in [1.807, 2.05) is 42.5 Å². The molecule has 0 aliphatic carbocycles. The Labute approximate surface area is 227 Å². The Bertz CT molecular complexity index is 2030. The first-order valence-electron chi connectivity index (χ1n) is 12.5. The lowest BCUT2D eigenvalue weighted by molar-refractivity contribution is 0.102. The molecule has 0 spiro atoms. The fraction of sp³-hybridized carbons (Fsp3) is 0. The van der Waals surface area contributed by atoms with Gasteiger partial charge < -0.3 is 10.3 Å². The van der Waals surface area contributed by atoms with Crippen LogP contribution in [0.2, 0.25) is 0 Å². The molecule has 1 amide bonds. The minimum absolute atomic E-state index is 0.220. The van der Waals surface area contributed by atoms with Crippen molar-refractivity contribution in [3.05, 3.63) is 115 Å². The highest BCUT2D eigenvalue weighted by Gasteiger charge is 2.17. The minimum Gasteiger partial charge on any atom is -0.338 e. The number of aromatic amines is 2. The number of benzene rings is 2. The van der Waals surface area contributed by atoms with Gasteiger partial charge in [-0.25, -0.2) is 9.37 Å². The molecular weight excluding hydrogens is 505 g/mol. The molecule has 0 aliphatic heterocycles. The molecular formula is C31H20FN7O. The third-order valence-corrected chi connectivity index (χ3v) is 6.73. The number of amides is 1. The quantitative estimate of drug-likeness (QED) is 0.234. The molecule has 0 saturated carbocycles. The molecule has 7 rings (SSSR count). The summed E-state index contributed by atoms with van der Waals surface area (Å²) in [6.07, 6.45) is 6.66. The molecule has 0 atom stereocenters. The van der Waals surface area contributed by atoms with E-state index in [0.29, 0.717) is 33.8 Å². The highest BCUT2D eigenvalue weighted by atomic mass is 19.1. The number of fused-ring (bicyclic) bond motifs is 2. The van der Waals surface area contributed by atoms with E-state index in [1.54, 1.807) is 55.1 Å². The van der Waals surface area contributed by atoms with Crippen LogP contribution >= 0.6 is 0 Å². The summed E-state index contributed by atoms with van der Waals surface area (Å²) in [5.41, 5.74) is 6.56. The van der Waals surface area contributed by atoms with Gasteiger partial charge in [-0.2, -0.15) is 5.10 Å². The van der Waals surface area contributed by atoms with Crippen molar-refractivity contribution in [2.45, 2.75) is 0 Å². The number of carbonyl (C=O) groups excluding carboxylic acids is 1. The molecule has 9 heteroatoms. The molecule has 0 bridgehead atoms. The maximum absolute atomic E-state index is 14.6. The number of H-pyrrole nitrogens is 2. The molecule has 0 fully saturated rings. The number of nitrogens with one attached hydrogen (secondary N) is 3. The van der Waals surface area contributed by atoms with Gasteiger partial charge >= 0.3 is 0 Å². The summed E-state index contributed by atoms with van der Waals surface area (Å²) in [5, 5.41) is 12.1. The number of hydrogen-bond acceptors (Lipinski definition) is 5. The van der Waals surface area contributed by atoms with Crippen LogP contribution < -0.4 is 5.32 Å². The van der Waals surface area contributed by atoms with E-state index in [0.717, 1.165) is 33.1 Å². The number of pyridine rings is 3. The first-order valence-corrected chi connectivity index (χ1v) is 12.5. The lowest BCUT2D eigenvalue weighted by Gasteiger charge is -2.07. The van der Waals surface area contributed by atoms with E-state index < -0.39 is 0 Å². The van der Waals surface area contributed by atoms with Crippen LogP contribution in [0.25, 0.3) is 55.7 Å². The Morgan fingerprint density at radius 2 is 1.68 bits per heavy atom. The van der Waals surface area contributed by atoms with E-state index in [4.69, 9.17) is 0 Å². The lowest BCUT2D eigenvalue weighted by atomic mass is 10.0. The van der Waals surface area contributed by atoms with Crippen LogP contribution in [0.15, 0.2) is 104 Å². The molecule has 0 aliphatic rings. The van der Waals surface area contributed by atoms with Gasteiger partial charge in [0.2, 0.25) is 0 Å². The van der Waals surface area contributed by atoms with Gasteiger partial charge in [0.25, 0.3) is 5.91 Å². The van der Waals surface area contributed by atoms with E-state index in [2.05, 4.69) is 35.5 Å². The number of nitrogens with zero attached hydrogens (tertiary/aromatic N) is 4. The second-order valence-corrected chi connectivity index (χ2v) is 9.25. The zero-order valence-corrected chi connectivity index (χ0v) is 20.9.